The van der Waals surface area contributed by atoms with Gasteiger partial charge in [-0.3, -0.25) is 9.59 Å². The summed E-state index contributed by atoms with van der Waals surface area (Å²) in [6.07, 6.45) is 0.846. The number of nitrogens with one attached hydrogen (secondary N) is 2. The molecule has 0 spiro atoms. The zero-order chi connectivity index (χ0) is 19.3. The number of anilines is 1. The molecule has 1 aliphatic heterocycles. The van der Waals surface area contributed by atoms with E-state index in [-0.39, 0.29) is 23.3 Å². The van der Waals surface area contributed by atoms with E-state index in [0.29, 0.717) is 17.9 Å². The number of likely N-dealkylation sites (tertiary alicyclic amines) is 1. The molecule has 2 N–H and O–H groups in total. The fraction of sp³-hybridized carbons (Fsp3) is 0.600. The smallest absolute Gasteiger partial charge is 0.252 e. The molecule has 144 valence electrons. The number of methoxy groups -OCH3 is 1. The highest BCUT2D eigenvalue weighted by Crippen LogP contribution is 2.23. The van der Waals surface area contributed by atoms with E-state index >= 15 is 0 Å². The van der Waals surface area contributed by atoms with Gasteiger partial charge < -0.3 is 20.3 Å². The van der Waals surface area contributed by atoms with E-state index in [1.54, 1.807) is 19.2 Å². The van der Waals surface area contributed by atoms with Gasteiger partial charge in [-0.05, 0) is 58.4 Å². The Morgan fingerprint density at radius 1 is 1.31 bits per heavy atom. The van der Waals surface area contributed by atoms with Crippen molar-refractivity contribution in [2.75, 3.05) is 38.7 Å². The molecule has 1 saturated heterocycles. The largest absolute Gasteiger partial charge is 0.383 e. The normalized spacial score (nSPS) is 18.0. The summed E-state index contributed by atoms with van der Waals surface area (Å²) in [5.74, 6) is -0.141. The molecule has 0 bridgehead atoms. The minimum absolute atomic E-state index is 0.0152. The first-order valence-electron chi connectivity index (χ1n) is 9.15. The third-order valence-corrected chi connectivity index (χ3v) is 4.58. The lowest BCUT2D eigenvalue weighted by Gasteiger charge is -2.22. The molecule has 1 fully saturated rings. The van der Waals surface area contributed by atoms with Crippen molar-refractivity contribution < 1.29 is 14.3 Å². The van der Waals surface area contributed by atoms with Crippen LogP contribution in [0.5, 0.6) is 0 Å². The van der Waals surface area contributed by atoms with Gasteiger partial charge in [-0.15, -0.1) is 0 Å². The third-order valence-electron chi connectivity index (χ3n) is 4.58. The maximum Gasteiger partial charge on any atom is 0.252 e. The molecule has 0 aliphatic carbocycles. The maximum absolute atomic E-state index is 12.6. The number of hydrogen-bond acceptors (Lipinski definition) is 4. The minimum Gasteiger partial charge on any atom is -0.383 e. The number of hydrogen-bond donors (Lipinski definition) is 2. The summed E-state index contributed by atoms with van der Waals surface area (Å²) in [7, 11) is 1.69. The predicted molar refractivity (Wildman–Crippen MR) is 103 cm³/mol. The van der Waals surface area contributed by atoms with Crippen LogP contribution in [0.25, 0.3) is 0 Å². The zero-order valence-corrected chi connectivity index (χ0v) is 16.5. The van der Waals surface area contributed by atoms with Crippen molar-refractivity contribution in [1.29, 1.82) is 0 Å². The number of carbonyl (C=O) groups is 2. The molecule has 1 aliphatic rings. The molecule has 6 heteroatoms. The Morgan fingerprint density at radius 2 is 2.04 bits per heavy atom. The fourth-order valence-electron chi connectivity index (χ4n) is 3.13. The standard InChI is InChI=1S/C20H31N3O3/c1-14-16(19(25)22-20(2,3)4)7-6-8-17(14)21-18(24)15-9-10-23(13-15)11-12-26-5/h6-8,15H,9-13H2,1-5H3,(H,21,24)(H,22,25). The molecule has 1 aromatic carbocycles. The van der Waals surface area contributed by atoms with E-state index in [2.05, 4.69) is 15.5 Å². The molecular weight excluding hydrogens is 330 g/mol. The number of nitrogens with zero attached hydrogens (tertiary/aromatic N) is 1. The van der Waals surface area contributed by atoms with Crippen molar-refractivity contribution in [2.45, 2.75) is 39.7 Å². The second kappa shape index (κ2) is 8.64. The van der Waals surface area contributed by atoms with Crippen LogP contribution in [0.15, 0.2) is 18.2 Å². The lowest BCUT2D eigenvalue weighted by atomic mass is 10.0. The molecule has 1 atom stereocenters. The highest BCUT2D eigenvalue weighted by atomic mass is 16.5. The quantitative estimate of drug-likeness (QED) is 0.816. The highest BCUT2D eigenvalue weighted by Gasteiger charge is 2.28. The molecule has 1 unspecified atom stereocenters. The second-order valence-electron chi connectivity index (χ2n) is 7.95. The summed E-state index contributed by atoms with van der Waals surface area (Å²) >= 11 is 0. The second-order valence-corrected chi connectivity index (χ2v) is 7.95. The van der Waals surface area contributed by atoms with Crippen LogP contribution in [-0.4, -0.2) is 55.6 Å². The van der Waals surface area contributed by atoms with Gasteiger partial charge in [0.1, 0.15) is 0 Å². The lowest BCUT2D eigenvalue weighted by Crippen LogP contribution is -2.40. The Bertz CT molecular complexity index is 652. The lowest BCUT2D eigenvalue weighted by molar-refractivity contribution is -0.119. The molecule has 0 aromatic heterocycles. The van der Waals surface area contributed by atoms with Crippen molar-refractivity contribution in [3.8, 4) is 0 Å². The minimum atomic E-state index is -0.307. The molecule has 26 heavy (non-hydrogen) atoms. The summed E-state index contributed by atoms with van der Waals surface area (Å²) < 4.78 is 5.10. The zero-order valence-electron chi connectivity index (χ0n) is 16.5. The summed E-state index contributed by atoms with van der Waals surface area (Å²) in [6.45, 7) is 10.9. The summed E-state index contributed by atoms with van der Waals surface area (Å²) in [4.78, 5) is 27.3. The Hall–Kier alpha value is -1.92. The van der Waals surface area contributed by atoms with Gasteiger partial charge >= 0.3 is 0 Å². The van der Waals surface area contributed by atoms with Crippen LogP contribution >= 0.6 is 0 Å². The van der Waals surface area contributed by atoms with Gasteiger partial charge in [0.25, 0.3) is 5.91 Å². The van der Waals surface area contributed by atoms with Crippen LogP contribution in [0.3, 0.4) is 0 Å². The molecule has 2 rings (SSSR count). The molecule has 2 amide bonds. The van der Waals surface area contributed by atoms with Crippen LogP contribution in [-0.2, 0) is 9.53 Å². The Balaban J connectivity index is 2.03. The summed E-state index contributed by atoms with van der Waals surface area (Å²) in [5, 5.41) is 5.98. The first-order valence-corrected chi connectivity index (χ1v) is 9.15. The monoisotopic (exact) mass is 361 g/mol. The van der Waals surface area contributed by atoms with Crippen LogP contribution in [0.2, 0.25) is 0 Å². The number of amides is 2. The average molecular weight is 361 g/mol. The fourth-order valence-corrected chi connectivity index (χ4v) is 3.13. The first kappa shape index (κ1) is 20.4. The van der Waals surface area contributed by atoms with Crippen molar-refractivity contribution in [3.05, 3.63) is 29.3 Å². The van der Waals surface area contributed by atoms with Crippen molar-refractivity contribution in [3.63, 3.8) is 0 Å². The topological polar surface area (TPSA) is 70.7 Å². The maximum atomic E-state index is 12.6. The Morgan fingerprint density at radius 3 is 2.69 bits per heavy atom. The van der Waals surface area contributed by atoms with E-state index in [0.717, 1.165) is 31.6 Å². The first-order chi connectivity index (χ1) is 12.2. The van der Waals surface area contributed by atoms with Gasteiger partial charge in [-0.1, -0.05) is 6.07 Å². The van der Waals surface area contributed by atoms with Crippen LogP contribution in [0.4, 0.5) is 5.69 Å². The van der Waals surface area contributed by atoms with Gasteiger partial charge in [-0.2, -0.15) is 0 Å². The average Bonchev–Trinajstić information content (AvgIpc) is 3.02. The summed E-state index contributed by atoms with van der Waals surface area (Å²) in [5.41, 5.74) is 1.77. The number of carbonyl (C=O) groups excluding carboxylic acids is 2. The van der Waals surface area contributed by atoms with Gasteiger partial charge in [-0.25, -0.2) is 0 Å². The Kier molecular flexibility index (Phi) is 6.78. The molecular formula is C20H31N3O3. The van der Waals surface area contributed by atoms with E-state index < -0.39 is 0 Å². The highest BCUT2D eigenvalue weighted by molar-refractivity contribution is 6.00. The van der Waals surface area contributed by atoms with Crippen LogP contribution in [0, 0.1) is 12.8 Å². The van der Waals surface area contributed by atoms with Gasteiger partial charge in [0.2, 0.25) is 5.91 Å². The van der Waals surface area contributed by atoms with Gasteiger partial charge in [0, 0.05) is 37.0 Å². The number of benzene rings is 1. The molecule has 0 radical (unpaired) electrons. The van der Waals surface area contributed by atoms with Crippen LogP contribution in [0.1, 0.15) is 43.1 Å². The van der Waals surface area contributed by atoms with Crippen molar-refractivity contribution in [2.24, 2.45) is 5.92 Å². The van der Waals surface area contributed by atoms with E-state index in [1.807, 2.05) is 33.8 Å². The SMILES string of the molecule is COCCN1CCC(C(=O)Nc2cccc(C(=O)NC(C)(C)C)c2C)C1. The molecule has 1 heterocycles. The van der Waals surface area contributed by atoms with Crippen molar-refractivity contribution >= 4 is 17.5 Å². The Labute approximate surface area is 156 Å². The van der Waals surface area contributed by atoms with E-state index in [4.69, 9.17) is 4.74 Å². The van der Waals surface area contributed by atoms with Crippen LogP contribution < -0.4 is 10.6 Å². The number of ether oxygens (including phenoxy) is 1. The van der Waals surface area contributed by atoms with Gasteiger partial charge in [0.05, 0.1) is 12.5 Å². The van der Waals surface area contributed by atoms with E-state index in [9.17, 15) is 9.59 Å². The van der Waals surface area contributed by atoms with Gasteiger partial charge in [0.15, 0.2) is 0 Å². The number of rotatable bonds is 6. The molecule has 0 saturated carbocycles. The molecule has 6 nitrogen and oxygen atoms in total. The van der Waals surface area contributed by atoms with E-state index in [1.165, 1.54) is 0 Å². The summed E-state index contributed by atoms with van der Waals surface area (Å²) in [6, 6.07) is 5.44. The van der Waals surface area contributed by atoms with Crippen molar-refractivity contribution in [1.82, 2.24) is 10.2 Å². The molecule has 1 aromatic rings. The predicted octanol–water partition coefficient (Wildman–Crippen LogP) is 2.43. The third kappa shape index (κ3) is 5.54.